The fraction of sp³-hybridized carbons (Fsp3) is 0.353. The first kappa shape index (κ1) is 15.2. The second-order valence-electron chi connectivity index (χ2n) is 5.93. The van der Waals surface area contributed by atoms with Gasteiger partial charge >= 0.3 is 0 Å². The van der Waals surface area contributed by atoms with Crippen LogP contribution in [0.5, 0.6) is 0 Å². The molecule has 0 unspecified atom stereocenters. The summed E-state index contributed by atoms with van der Waals surface area (Å²) < 4.78 is 13.0. The predicted molar refractivity (Wildman–Crippen MR) is 85.5 cm³/mol. The zero-order valence-electron chi connectivity index (χ0n) is 12.4. The Balaban J connectivity index is 1.74. The van der Waals surface area contributed by atoms with E-state index in [4.69, 9.17) is 0 Å². The molecule has 1 aromatic heterocycles. The third-order valence-electron chi connectivity index (χ3n) is 4.21. The van der Waals surface area contributed by atoms with Gasteiger partial charge in [0.15, 0.2) is 0 Å². The topological polar surface area (TPSA) is 49.3 Å². The van der Waals surface area contributed by atoms with Crippen LogP contribution >= 0.6 is 11.3 Å². The molecule has 3 nitrogen and oxygen atoms in total. The molecule has 5 heteroatoms. The lowest BCUT2D eigenvalue weighted by Gasteiger charge is -2.11. The van der Waals surface area contributed by atoms with Gasteiger partial charge in [-0.2, -0.15) is 0 Å². The summed E-state index contributed by atoms with van der Waals surface area (Å²) in [5, 5.41) is 12.2. The maximum atomic E-state index is 13.0. The van der Waals surface area contributed by atoms with E-state index in [9.17, 15) is 14.3 Å². The molecule has 1 heterocycles. The second-order valence-corrected chi connectivity index (χ2v) is 7.18. The lowest BCUT2D eigenvalue weighted by molar-refractivity contribution is 0.0939. The van der Waals surface area contributed by atoms with Gasteiger partial charge in [-0.15, -0.1) is 11.3 Å². The molecule has 0 radical (unpaired) electrons. The van der Waals surface area contributed by atoms with Crippen LogP contribution in [0.15, 0.2) is 30.3 Å². The molecule has 0 bridgehead atoms. The maximum absolute atomic E-state index is 13.0. The van der Waals surface area contributed by atoms with Gasteiger partial charge < -0.3 is 10.4 Å². The van der Waals surface area contributed by atoms with Crippen LogP contribution in [-0.2, 0) is 0 Å². The molecule has 1 aliphatic carbocycles. The third-order valence-corrected chi connectivity index (χ3v) is 5.26. The molecule has 1 aliphatic rings. The molecule has 0 spiro atoms. The largest absolute Gasteiger partial charge is 0.396 e. The van der Waals surface area contributed by atoms with E-state index in [1.165, 1.54) is 23.5 Å². The lowest BCUT2D eigenvalue weighted by atomic mass is 10.1. The first-order valence-corrected chi connectivity index (χ1v) is 8.10. The minimum atomic E-state index is -0.270. The minimum absolute atomic E-state index is 0.0955. The maximum Gasteiger partial charge on any atom is 0.261 e. The van der Waals surface area contributed by atoms with Crippen molar-refractivity contribution in [2.75, 3.05) is 13.2 Å². The van der Waals surface area contributed by atoms with Crippen LogP contribution in [0.4, 0.5) is 4.39 Å². The van der Waals surface area contributed by atoms with E-state index in [-0.39, 0.29) is 23.7 Å². The summed E-state index contributed by atoms with van der Waals surface area (Å²) in [5.74, 6) is -0.380. The molecule has 0 atom stereocenters. The van der Waals surface area contributed by atoms with Crippen molar-refractivity contribution in [3.05, 3.63) is 45.9 Å². The van der Waals surface area contributed by atoms with E-state index in [1.54, 1.807) is 12.1 Å². The average molecular weight is 319 g/mol. The molecular formula is C17H18FNO2S. The van der Waals surface area contributed by atoms with Gasteiger partial charge in [-0.1, -0.05) is 12.1 Å². The third kappa shape index (κ3) is 3.05. The summed E-state index contributed by atoms with van der Waals surface area (Å²) in [6.45, 7) is 2.60. The zero-order chi connectivity index (χ0) is 15.7. The van der Waals surface area contributed by atoms with E-state index in [0.717, 1.165) is 28.8 Å². The van der Waals surface area contributed by atoms with Crippen LogP contribution in [0.3, 0.4) is 0 Å². The van der Waals surface area contributed by atoms with Crippen LogP contribution < -0.4 is 5.32 Å². The molecule has 1 saturated carbocycles. The van der Waals surface area contributed by atoms with Crippen molar-refractivity contribution in [3.8, 4) is 11.1 Å². The van der Waals surface area contributed by atoms with Gasteiger partial charge in [0.05, 0.1) is 11.5 Å². The SMILES string of the molecule is Cc1sc(C(=O)NCC2(CO)CC2)cc1-c1ccc(F)cc1. The Morgan fingerprint density at radius 2 is 2.05 bits per heavy atom. The number of amides is 1. The summed E-state index contributed by atoms with van der Waals surface area (Å²) in [6, 6.07) is 8.13. The molecule has 22 heavy (non-hydrogen) atoms. The first-order chi connectivity index (χ1) is 10.5. The number of aliphatic hydroxyl groups excluding tert-OH is 1. The summed E-state index contributed by atoms with van der Waals surface area (Å²) in [6.07, 6.45) is 1.93. The van der Waals surface area contributed by atoms with Gasteiger partial charge in [0.25, 0.3) is 5.91 Å². The van der Waals surface area contributed by atoms with Gasteiger partial charge in [-0.3, -0.25) is 4.79 Å². The molecular weight excluding hydrogens is 301 g/mol. The number of carbonyl (C=O) groups excluding carboxylic acids is 1. The number of thiophene rings is 1. The van der Waals surface area contributed by atoms with Crippen LogP contribution in [-0.4, -0.2) is 24.2 Å². The number of hydrogen-bond acceptors (Lipinski definition) is 3. The normalized spacial score (nSPS) is 15.6. The van der Waals surface area contributed by atoms with Crippen LogP contribution in [0.1, 0.15) is 27.4 Å². The van der Waals surface area contributed by atoms with Crippen LogP contribution in [0, 0.1) is 18.2 Å². The van der Waals surface area contributed by atoms with Crippen molar-refractivity contribution in [2.24, 2.45) is 5.41 Å². The average Bonchev–Trinajstić information content (AvgIpc) is 3.21. The van der Waals surface area contributed by atoms with Gasteiger partial charge in [0, 0.05) is 16.8 Å². The Labute approximate surface area is 132 Å². The number of benzene rings is 1. The smallest absolute Gasteiger partial charge is 0.261 e. The second kappa shape index (κ2) is 5.82. The Hall–Kier alpha value is -1.72. The van der Waals surface area contributed by atoms with Crippen molar-refractivity contribution < 1.29 is 14.3 Å². The van der Waals surface area contributed by atoms with Crippen molar-refractivity contribution in [1.82, 2.24) is 5.32 Å². The molecule has 1 amide bonds. The highest BCUT2D eigenvalue weighted by Crippen LogP contribution is 2.44. The van der Waals surface area contributed by atoms with Gasteiger partial charge in [-0.25, -0.2) is 4.39 Å². The molecule has 2 aromatic rings. The molecule has 2 N–H and O–H groups in total. The van der Waals surface area contributed by atoms with E-state index in [0.29, 0.717) is 11.4 Å². The number of hydrogen-bond donors (Lipinski definition) is 2. The van der Waals surface area contributed by atoms with Crippen molar-refractivity contribution >= 4 is 17.2 Å². The Kier molecular flexibility index (Phi) is 4.02. The molecule has 0 saturated heterocycles. The highest BCUT2D eigenvalue weighted by atomic mass is 32.1. The van der Waals surface area contributed by atoms with Gasteiger partial charge in [-0.05, 0) is 49.1 Å². The van der Waals surface area contributed by atoms with E-state index in [2.05, 4.69) is 5.32 Å². The molecule has 3 rings (SSSR count). The van der Waals surface area contributed by atoms with Crippen molar-refractivity contribution in [1.29, 1.82) is 0 Å². The van der Waals surface area contributed by atoms with Crippen molar-refractivity contribution in [3.63, 3.8) is 0 Å². The Bertz CT molecular complexity index is 689. The van der Waals surface area contributed by atoms with Gasteiger partial charge in [0.1, 0.15) is 5.82 Å². The first-order valence-electron chi connectivity index (χ1n) is 7.28. The number of aliphatic hydroxyl groups is 1. The van der Waals surface area contributed by atoms with Gasteiger partial charge in [0.2, 0.25) is 0 Å². The summed E-state index contributed by atoms with van der Waals surface area (Å²) in [7, 11) is 0. The molecule has 0 aliphatic heterocycles. The fourth-order valence-corrected chi connectivity index (χ4v) is 3.39. The number of nitrogens with one attached hydrogen (secondary N) is 1. The monoisotopic (exact) mass is 319 g/mol. The Morgan fingerprint density at radius 3 is 2.64 bits per heavy atom. The van der Waals surface area contributed by atoms with Crippen LogP contribution in [0.25, 0.3) is 11.1 Å². The van der Waals surface area contributed by atoms with Crippen LogP contribution in [0.2, 0.25) is 0 Å². The summed E-state index contributed by atoms with van der Waals surface area (Å²) in [5.41, 5.74) is 1.77. The van der Waals surface area contributed by atoms with Crippen molar-refractivity contribution in [2.45, 2.75) is 19.8 Å². The lowest BCUT2D eigenvalue weighted by Crippen LogP contribution is -2.31. The molecule has 1 fully saturated rings. The molecule has 116 valence electrons. The highest BCUT2D eigenvalue weighted by Gasteiger charge is 2.42. The molecule has 1 aromatic carbocycles. The minimum Gasteiger partial charge on any atom is -0.396 e. The number of rotatable bonds is 5. The zero-order valence-corrected chi connectivity index (χ0v) is 13.2. The standard InChI is InChI=1S/C17H18FNO2S/c1-11-14(12-2-4-13(18)5-3-12)8-15(22-11)16(21)19-9-17(10-20)6-7-17/h2-5,8,20H,6-7,9-10H2,1H3,(H,19,21). The fourth-order valence-electron chi connectivity index (χ4n) is 2.43. The van der Waals surface area contributed by atoms with E-state index < -0.39 is 0 Å². The quantitative estimate of drug-likeness (QED) is 0.888. The summed E-state index contributed by atoms with van der Waals surface area (Å²) in [4.78, 5) is 13.9. The summed E-state index contributed by atoms with van der Waals surface area (Å²) >= 11 is 1.43. The highest BCUT2D eigenvalue weighted by molar-refractivity contribution is 7.14. The number of halogens is 1. The predicted octanol–water partition coefficient (Wildman–Crippen LogP) is 3.36. The number of aryl methyl sites for hydroxylation is 1. The van der Waals surface area contributed by atoms with E-state index >= 15 is 0 Å². The number of carbonyl (C=O) groups is 1. The Morgan fingerprint density at radius 1 is 1.36 bits per heavy atom. The van der Waals surface area contributed by atoms with E-state index in [1.807, 2.05) is 13.0 Å².